The molecule has 1 aromatic heterocycles. The Hall–Kier alpha value is -2.50. The highest BCUT2D eigenvalue weighted by Crippen LogP contribution is 2.38. The van der Waals surface area contributed by atoms with E-state index in [9.17, 15) is 4.79 Å². The van der Waals surface area contributed by atoms with Gasteiger partial charge in [0.15, 0.2) is 11.5 Å². The van der Waals surface area contributed by atoms with Crippen molar-refractivity contribution in [2.45, 2.75) is 33.2 Å². The van der Waals surface area contributed by atoms with E-state index >= 15 is 0 Å². The van der Waals surface area contributed by atoms with Crippen LogP contribution in [0.4, 0.5) is 0 Å². The minimum Gasteiger partial charge on any atom is -0.493 e. The summed E-state index contributed by atoms with van der Waals surface area (Å²) >= 11 is 0. The lowest BCUT2D eigenvalue weighted by atomic mass is 9.92. The van der Waals surface area contributed by atoms with Gasteiger partial charge >= 0.3 is 0 Å². The second kappa shape index (κ2) is 6.19. The topological polar surface area (TPSA) is 64.8 Å². The highest BCUT2D eigenvalue weighted by atomic mass is 16.5. The number of hydrogen-bond donors (Lipinski definition) is 0. The van der Waals surface area contributed by atoms with E-state index in [4.69, 9.17) is 14.0 Å². The summed E-state index contributed by atoms with van der Waals surface area (Å²) in [7, 11) is 3.24. The van der Waals surface area contributed by atoms with E-state index in [1.165, 1.54) is 5.56 Å². The summed E-state index contributed by atoms with van der Waals surface area (Å²) in [6.45, 7) is 6.23. The molecule has 1 aliphatic rings. The molecule has 128 valence electrons. The lowest BCUT2D eigenvalue weighted by Crippen LogP contribution is -2.39. The quantitative estimate of drug-likeness (QED) is 0.865. The molecule has 2 heterocycles. The van der Waals surface area contributed by atoms with Crippen molar-refractivity contribution in [3.8, 4) is 11.5 Å². The molecule has 1 amide bonds. The van der Waals surface area contributed by atoms with Crippen molar-refractivity contribution in [3.05, 3.63) is 40.3 Å². The third-order valence-electron chi connectivity index (χ3n) is 4.69. The second-order valence-corrected chi connectivity index (χ2v) is 6.03. The number of methoxy groups -OCH3 is 2. The van der Waals surface area contributed by atoms with Gasteiger partial charge in [0.05, 0.1) is 26.0 Å². The van der Waals surface area contributed by atoms with Crippen LogP contribution in [-0.4, -0.2) is 36.7 Å². The van der Waals surface area contributed by atoms with Crippen molar-refractivity contribution in [3.63, 3.8) is 0 Å². The molecule has 0 saturated heterocycles. The smallest absolute Gasteiger partial charge is 0.259 e. The maximum Gasteiger partial charge on any atom is 0.259 e. The van der Waals surface area contributed by atoms with Crippen molar-refractivity contribution in [1.29, 1.82) is 0 Å². The number of carbonyl (C=O) groups excluding carboxylic acids is 1. The Bertz CT molecular complexity index is 762. The van der Waals surface area contributed by atoms with Crippen LogP contribution >= 0.6 is 0 Å². The second-order valence-electron chi connectivity index (χ2n) is 6.03. The van der Waals surface area contributed by atoms with Gasteiger partial charge in [0.25, 0.3) is 5.91 Å². The summed E-state index contributed by atoms with van der Waals surface area (Å²) in [5, 5.41) is 3.89. The van der Waals surface area contributed by atoms with E-state index in [0.29, 0.717) is 35.1 Å². The number of amides is 1. The number of hydrogen-bond acceptors (Lipinski definition) is 5. The monoisotopic (exact) mass is 330 g/mol. The lowest BCUT2D eigenvalue weighted by molar-refractivity contribution is 0.0675. The number of nitrogens with zero attached hydrogens (tertiary/aromatic N) is 2. The Labute approximate surface area is 141 Å². The first-order valence-corrected chi connectivity index (χ1v) is 7.96. The van der Waals surface area contributed by atoms with Crippen molar-refractivity contribution >= 4 is 5.91 Å². The van der Waals surface area contributed by atoms with E-state index in [2.05, 4.69) is 5.16 Å². The minimum absolute atomic E-state index is 0.0424. The average molecular weight is 330 g/mol. The Morgan fingerprint density at radius 2 is 1.92 bits per heavy atom. The lowest BCUT2D eigenvalue weighted by Gasteiger charge is -2.35. The Morgan fingerprint density at radius 1 is 1.25 bits per heavy atom. The summed E-state index contributed by atoms with van der Waals surface area (Å²) in [4.78, 5) is 14.8. The Morgan fingerprint density at radius 3 is 2.50 bits per heavy atom. The molecule has 3 rings (SSSR count). The number of aryl methyl sites for hydroxylation is 2. The highest BCUT2D eigenvalue weighted by molar-refractivity contribution is 5.96. The maximum atomic E-state index is 13.0. The van der Waals surface area contributed by atoms with Gasteiger partial charge < -0.3 is 18.9 Å². The third-order valence-corrected chi connectivity index (χ3v) is 4.69. The number of aromatic nitrogens is 1. The first-order chi connectivity index (χ1) is 11.5. The van der Waals surface area contributed by atoms with E-state index in [1.54, 1.807) is 28.1 Å². The maximum absolute atomic E-state index is 13.0. The molecule has 1 atom stereocenters. The van der Waals surface area contributed by atoms with Crippen LogP contribution in [0.3, 0.4) is 0 Å². The highest BCUT2D eigenvalue weighted by Gasteiger charge is 2.32. The molecule has 0 unspecified atom stereocenters. The Kier molecular flexibility index (Phi) is 4.22. The third kappa shape index (κ3) is 2.52. The number of ether oxygens (including phenoxy) is 2. The van der Waals surface area contributed by atoms with Crippen molar-refractivity contribution in [2.75, 3.05) is 20.8 Å². The Balaban J connectivity index is 1.97. The molecule has 0 fully saturated rings. The van der Waals surface area contributed by atoms with Crippen LogP contribution in [0.1, 0.15) is 45.9 Å². The zero-order valence-corrected chi connectivity index (χ0v) is 14.7. The molecular weight excluding hydrogens is 308 g/mol. The number of benzene rings is 1. The van der Waals surface area contributed by atoms with Gasteiger partial charge in [-0.3, -0.25) is 4.79 Å². The van der Waals surface area contributed by atoms with Crippen LogP contribution in [-0.2, 0) is 6.42 Å². The van der Waals surface area contributed by atoms with Crippen LogP contribution < -0.4 is 9.47 Å². The zero-order chi connectivity index (χ0) is 17.4. The van der Waals surface area contributed by atoms with Gasteiger partial charge in [-0.25, -0.2) is 0 Å². The molecule has 6 nitrogen and oxygen atoms in total. The van der Waals surface area contributed by atoms with Crippen LogP contribution in [0.15, 0.2) is 16.7 Å². The van der Waals surface area contributed by atoms with Gasteiger partial charge in [-0.1, -0.05) is 5.16 Å². The van der Waals surface area contributed by atoms with Gasteiger partial charge in [-0.15, -0.1) is 0 Å². The fraction of sp³-hybridized carbons (Fsp3) is 0.444. The van der Waals surface area contributed by atoms with Gasteiger partial charge in [-0.05, 0) is 50.5 Å². The molecule has 0 bridgehead atoms. The van der Waals surface area contributed by atoms with Gasteiger partial charge in [0, 0.05) is 6.54 Å². The molecule has 1 aliphatic heterocycles. The van der Waals surface area contributed by atoms with Crippen molar-refractivity contribution in [2.24, 2.45) is 0 Å². The average Bonchev–Trinajstić information content (AvgIpc) is 2.92. The van der Waals surface area contributed by atoms with Crippen LogP contribution in [0, 0.1) is 13.8 Å². The summed E-state index contributed by atoms with van der Waals surface area (Å²) in [5.74, 6) is 1.91. The molecule has 0 radical (unpaired) electrons. The predicted molar refractivity (Wildman–Crippen MR) is 88.7 cm³/mol. The van der Waals surface area contributed by atoms with Gasteiger partial charge in [0.2, 0.25) is 0 Å². The molecular formula is C18H22N2O4. The van der Waals surface area contributed by atoms with Crippen molar-refractivity contribution < 1.29 is 18.8 Å². The zero-order valence-electron chi connectivity index (χ0n) is 14.7. The van der Waals surface area contributed by atoms with E-state index < -0.39 is 0 Å². The van der Waals surface area contributed by atoms with E-state index in [1.807, 2.05) is 24.0 Å². The molecule has 6 heteroatoms. The fourth-order valence-electron chi connectivity index (χ4n) is 3.35. The van der Waals surface area contributed by atoms with Crippen LogP contribution in [0.5, 0.6) is 11.5 Å². The first-order valence-electron chi connectivity index (χ1n) is 7.96. The van der Waals surface area contributed by atoms with E-state index in [0.717, 1.165) is 12.0 Å². The molecule has 0 saturated carbocycles. The van der Waals surface area contributed by atoms with Crippen LogP contribution in [0.2, 0.25) is 0 Å². The standard InChI is InChI=1S/C18H22N2O4/c1-10-17(12(3)24-19-10)18(21)20-7-6-13-8-15(22-4)16(23-5)9-14(13)11(20)2/h8-9,11H,6-7H2,1-5H3/t11-/m0/s1. The summed E-state index contributed by atoms with van der Waals surface area (Å²) in [6, 6.07) is 3.91. The molecule has 1 aromatic carbocycles. The molecule has 0 aliphatic carbocycles. The normalized spacial score (nSPS) is 16.7. The SMILES string of the molecule is COc1cc2c(cc1OC)[C@H](C)N(C(=O)c1c(C)noc1C)CC2. The van der Waals surface area contributed by atoms with Crippen LogP contribution in [0.25, 0.3) is 0 Å². The number of fused-ring (bicyclic) bond motifs is 1. The minimum atomic E-state index is -0.0604. The van der Waals surface area contributed by atoms with Crippen molar-refractivity contribution in [1.82, 2.24) is 10.1 Å². The van der Waals surface area contributed by atoms with Gasteiger partial charge in [0.1, 0.15) is 11.3 Å². The molecule has 24 heavy (non-hydrogen) atoms. The first kappa shape index (κ1) is 16.4. The summed E-state index contributed by atoms with van der Waals surface area (Å²) in [6.07, 6.45) is 0.773. The van der Waals surface area contributed by atoms with E-state index in [-0.39, 0.29) is 11.9 Å². The predicted octanol–water partition coefficient (Wildman–Crippen LogP) is 3.07. The number of rotatable bonds is 3. The summed E-state index contributed by atoms with van der Waals surface area (Å²) < 4.78 is 15.9. The number of carbonyl (C=O) groups is 1. The molecule has 2 aromatic rings. The molecule has 0 N–H and O–H groups in total. The molecule has 0 spiro atoms. The summed E-state index contributed by atoms with van der Waals surface area (Å²) in [5.41, 5.74) is 3.45. The largest absolute Gasteiger partial charge is 0.493 e. The van der Waals surface area contributed by atoms with Gasteiger partial charge in [-0.2, -0.15) is 0 Å². The fourth-order valence-corrected chi connectivity index (χ4v) is 3.35.